The Morgan fingerprint density at radius 3 is 2.36 bits per heavy atom. The van der Waals surface area contributed by atoms with Gasteiger partial charge in [0.05, 0.1) is 12.7 Å². The van der Waals surface area contributed by atoms with E-state index in [9.17, 15) is 40.5 Å². The lowest BCUT2D eigenvalue weighted by atomic mass is 9.98. The predicted octanol–water partition coefficient (Wildman–Crippen LogP) is 2.07. The highest BCUT2D eigenvalue weighted by Crippen LogP contribution is 2.45. The maximum Gasteiger partial charge on any atom is 0.330 e. The Balaban J connectivity index is 1.36. The molecule has 2 heterocycles. The molecular formula is C31H30O13. The molecule has 232 valence electrons. The van der Waals surface area contributed by atoms with Crippen molar-refractivity contribution in [2.24, 2.45) is 0 Å². The number of ether oxygens (including phenoxy) is 5. The van der Waals surface area contributed by atoms with Crippen LogP contribution in [-0.2, 0) is 19.0 Å². The standard InChI is InChI=1S/C31H30O13/c1-40-23-10-16(5-8-20(23)34)30-24(13-19-21(35)11-18(33)12-22(19)42-30)43-31-29(39)28(38)27(37)25(44-31)14-41-26(36)9-4-15-2-6-17(32)7-3-15/h2-13,25,27-35,37-39H,14H2,1H3/b9-4+/t25-,27-,28-,29-,30?,31-/m1/s1. The molecule has 2 aliphatic heterocycles. The van der Waals surface area contributed by atoms with Crippen LogP contribution in [0.25, 0.3) is 12.2 Å². The fourth-order valence-corrected chi connectivity index (χ4v) is 4.68. The van der Waals surface area contributed by atoms with E-state index < -0.39 is 49.4 Å². The van der Waals surface area contributed by atoms with Gasteiger partial charge in [-0.05, 0) is 42.0 Å². The molecule has 5 rings (SSSR count). The van der Waals surface area contributed by atoms with Gasteiger partial charge in [-0.15, -0.1) is 0 Å². The lowest BCUT2D eigenvalue weighted by Gasteiger charge is -2.41. The van der Waals surface area contributed by atoms with E-state index in [0.29, 0.717) is 11.1 Å². The first-order valence-electron chi connectivity index (χ1n) is 13.4. The van der Waals surface area contributed by atoms with Gasteiger partial charge in [-0.1, -0.05) is 18.2 Å². The SMILES string of the molecule is COc1cc(C2Oc3cc(O)cc(O)c3C=C2O[C@@H]2O[C@H](COC(=O)/C=C/c3ccc(O)cc3)[C@@H](O)[C@@H](O)[C@H]2O)ccc1O. The molecule has 0 saturated carbocycles. The molecule has 44 heavy (non-hydrogen) atoms. The van der Waals surface area contributed by atoms with E-state index in [-0.39, 0.29) is 45.8 Å². The number of hydrogen-bond acceptors (Lipinski definition) is 13. The molecule has 1 fully saturated rings. The Labute approximate surface area is 250 Å². The molecule has 6 atom stereocenters. The van der Waals surface area contributed by atoms with Crippen molar-refractivity contribution >= 4 is 18.1 Å². The maximum atomic E-state index is 12.3. The predicted molar refractivity (Wildman–Crippen MR) is 152 cm³/mol. The van der Waals surface area contributed by atoms with Crippen LogP contribution in [0.1, 0.15) is 22.8 Å². The average molecular weight is 611 g/mol. The zero-order valence-electron chi connectivity index (χ0n) is 23.2. The van der Waals surface area contributed by atoms with E-state index in [0.717, 1.165) is 12.1 Å². The molecule has 0 aromatic heterocycles. The van der Waals surface area contributed by atoms with E-state index in [4.69, 9.17) is 23.7 Å². The number of aliphatic hydroxyl groups is 3. The summed E-state index contributed by atoms with van der Waals surface area (Å²) in [6.45, 7) is -0.513. The van der Waals surface area contributed by atoms with Gasteiger partial charge in [-0.25, -0.2) is 4.79 Å². The molecule has 2 aliphatic rings. The van der Waals surface area contributed by atoms with Crippen LogP contribution < -0.4 is 9.47 Å². The summed E-state index contributed by atoms with van der Waals surface area (Å²) in [4.78, 5) is 12.3. The number of rotatable bonds is 8. The topological polar surface area (TPSA) is 205 Å². The highest BCUT2D eigenvalue weighted by atomic mass is 16.7. The first kappa shape index (κ1) is 30.5. The number of carbonyl (C=O) groups is 1. The Morgan fingerprint density at radius 2 is 1.64 bits per heavy atom. The number of phenols is 4. The number of benzene rings is 3. The number of methoxy groups -OCH3 is 1. The lowest BCUT2D eigenvalue weighted by molar-refractivity contribution is -0.294. The lowest BCUT2D eigenvalue weighted by Crippen LogP contribution is -2.59. The van der Waals surface area contributed by atoms with E-state index in [2.05, 4.69) is 0 Å². The minimum absolute atomic E-state index is 0.0218. The van der Waals surface area contributed by atoms with Crippen molar-refractivity contribution in [1.29, 1.82) is 0 Å². The molecule has 3 aromatic rings. The summed E-state index contributed by atoms with van der Waals surface area (Å²) in [6, 6.07) is 12.8. The zero-order chi connectivity index (χ0) is 31.5. The average Bonchev–Trinajstić information content (AvgIpc) is 3.00. The quantitative estimate of drug-likeness (QED) is 0.144. The number of esters is 1. The monoisotopic (exact) mass is 610 g/mol. The van der Waals surface area contributed by atoms with Crippen LogP contribution in [0.5, 0.6) is 34.5 Å². The molecule has 0 radical (unpaired) electrons. The molecule has 13 heteroatoms. The fraction of sp³-hybridized carbons (Fsp3) is 0.258. The van der Waals surface area contributed by atoms with Crippen molar-refractivity contribution in [3.05, 3.63) is 83.1 Å². The van der Waals surface area contributed by atoms with E-state index in [1.165, 1.54) is 55.7 Å². The molecule has 13 nitrogen and oxygen atoms in total. The molecule has 0 aliphatic carbocycles. The van der Waals surface area contributed by atoms with E-state index >= 15 is 0 Å². The third-order valence-electron chi connectivity index (χ3n) is 7.02. The minimum atomic E-state index is -1.77. The van der Waals surface area contributed by atoms with Gasteiger partial charge in [0.25, 0.3) is 0 Å². The summed E-state index contributed by atoms with van der Waals surface area (Å²) in [5, 5.41) is 71.7. The number of aromatic hydroxyl groups is 4. The van der Waals surface area contributed by atoms with E-state index in [1.807, 2.05) is 0 Å². The van der Waals surface area contributed by atoms with Gasteiger partial charge in [0, 0.05) is 23.8 Å². The van der Waals surface area contributed by atoms with Crippen LogP contribution in [0, 0.1) is 0 Å². The van der Waals surface area contributed by atoms with Crippen LogP contribution in [0.15, 0.2) is 66.4 Å². The van der Waals surface area contributed by atoms with Gasteiger partial charge >= 0.3 is 5.97 Å². The normalized spacial score (nSPS) is 24.6. The van der Waals surface area contributed by atoms with Crippen molar-refractivity contribution in [2.75, 3.05) is 13.7 Å². The number of hydrogen-bond donors (Lipinski definition) is 7. The summed E-state index contributed by atoms with van der Waals surface area (Å²) in [7, 11) is 1.36. The van der Waals surface area contributed by atoms with Crippen molar-refractivity contribution in [2.45, 2.75) is 36.8 Å². The Hall–Kier alpha value is -4.95. The molecule has 1 unspecified atom stereocenters. The van der Waals surface area contributed by atoms with Gasteiger partial charge in [0.15, 0.2) is 17.6 Å². The smallest absolute Gasteiger partial charge is 0.330 e. The second kappa shape index (κ2) is 12.7. The molecule has 3 aromatic carbocycles. The molecule has 0 bridgehead atoms. The molecule has 7 N–H and O–H groups in total. The molecule has 1 saturated heterocycles. The van der Waals surface area contributed by atoms with Crippen LogP contribution >= 0.6 is 0 Å². The van der Waals surface area contributed by atoms with Crippen LogP contribution in [0.3, 0.4) is 0 Å². The van der Waals surface area contributed by atoms with E-state index in [1.54, 1.807) is 12.1 Å². The highest BCUT2D eigenvalue weighted by Gasteiger charge is 2.46. The van der Waals surface area contributed by atoms with Gasteiger partial charge < -0.3 is 59.4 Å². The number of fused-ring (bicyclic) bond motifs is 1. The molecule has 0 amide bonds. The number of carbonyl (C=O) groups excluding carboxylic acids is 1. The van der Waals surface area contributed by atoms with Crippen molar-refractivity contribution in [1.82, 2.24) is 0 Å². The fourth-order valence-electron chi connectivity index (χ4n) is 4.68. The first-order valence-corrected chi connectivity index (χ1v) is 13.4. The Bertz CT molecular complexity index is 1570. The molecular weight excluding hydrogens is 580 g/mol. The largest absolute Gasteiger partial charge is 0.508 e. The van der Waals surface area contributed by atoms with Crippen molar-refractivity contribution in [3.63, 3.8) is 0 Å². The van der Waals surface area contributed by atoms with Crippen molar-refractivity contribution in [3.8, 4) is 34.5 Å². The third-order valence-corrected chi connectivity index (χ3v) is 7.02. The van der Waals surface area contributed by atoms with Crippen molar-refractivity contribution < 1.29 is 64.2 Å². The second-order valence-electron chi connectivity index (χ2n) is 10.0. The van der Waals surface area contributed by atoms with Gasteiger partial charge in [0.1, 0.15) is 59.8 Å². The van der Waals surface area contributed by atoms with Crippen LogP contribution in [0.2, 0.25) is 0 Å². The Kier molecular flexibility index (Phi) is 8.83. The zero-order valence-corrected chi connectivity index (χ0v) is 23.2. The summed E-state index contributed by atoms with van der Waals surface area (Å²) >= 11 is 0. The number of aliphatic hydroxyl groups excluding tert-OH is 3. The van der Waals surface area contributed by atoms with Gasteiger partial charge in [-0.3, -0.25) is 0 Å². The van der Waals surface area contributed by atoms with Gasteiger partial charge in [0.2, 0.25) is 6.29 Å². The van der Waals surface area contributed by atoms with Crippen LogP contribution in [0.4, 0.5) is 0 Å². The summed E-state index contributed by atoms with van der Waals surface area (Å²) < 4.78 is 28.1. The second-order valence-corrected chi connectivity index (χ2v) is 10.0. The summed E-state index contributed by atoms with van der Waals surface area (Å²) in [5.74, 6) is -1.28. The molecule has 0 spiro atoms. The third kappa shape index (κ3) is 6.50. The van der Waals surface area contributed by atoms with Gasteiger partial charge in [-0.2, -0.15) is 0 Å². The Morgan fingerprint density at radius 1 is 0.886 bits per heavy atom. The summed E-state index contributed by atoms with van der Waals surface area (Å²) in [6.07, 6.45) is -5.24. The minimum Gasteiger partial charge on any atom is -0.508 e. The first-order chi connectivity index (χ1) is 21.0. The maximum absolute atomic E-state index is 12.3. The number of phenolic OH excluding ortho intramolecular Hbond substituents is 4. The summed E-state index contributed by atoms with van der Waals surface area (Å²) in [5.41, 5.74) is 1.15. The van der Waals surface area contributed by atoms with Crippen LogP contribution in [-0.4, -0.2) is 86.1 Å². The highest BCUT2D eigenvalue weighted by molar-refractivity contribution is 5.87.